The Hall–Kier alpha value is -2.43. The Bertz CT molecular complexity index is 933. The molecular weight excluding hydrogens is 358 g/mol. The Morgan fingerprint density at radius 1 is 1.08 bits per heavy atom. The Balaban J connectivity index is 1.91. The van der Waals surface area contributed by atoms with Crippen molar-refractivity contribution < 1.29 is 4.42 Å². The zero-order chi connectivity index (χ0) is 17.8. The molecule has 0 aliphatic carbocycles. The van der Waals surface area contributed by atoms with Crippen LogP contribution in [0.5, 0.6) is 0 Å². The van der Waals surface area contributed by atoms with Crippen molar-refractivity contribution in [3.63, 3.8) is 0 Å². The first-order chi connectivity index (χ1) is 12.2. The fourth-order valence-electron chi connectivity index (χ4n) is 2.38. The van der Waals surface area contributed by atoms with Gasteiger partial charge in [-0.2, -0.15) is 10.4 Å². The van der Waals surface area contributed by atoms with Crippen LogP contribution in [0.2, 0.25) is 5.02 Å². The lowest BCUT2D eigenvalue weighted by atomic mass is 10.1. The van der Waals surface area contributed by atoms with Crippen LogP contribution in [0.1, 0.15) is 30.7 Å². The first-order valence-corrected chi connectivity index (χ1v) is 8.91. The molecule has 0 amide bonds. The fourth-order valence-corrected chi connectivity index (χ4v) is 3.23. The minimum absolute atomic E-state index is 0.307. The molecular formula is C17H14ClN5OS. The van der Waals surface area contributed by atoms with Gasteiger partial charge in [-0.15, -0.1) is 15.3 Å². The van der Waals surface area contributed by atoms with E-state index < -0.39 is 0 Å². The van der Waals surface area contributed by atoms with Gasteiger partial charge in [-0.1, -0.05) is 25.4 Å². The average molecular weight is 372 g/mol. The zero-order valence-corrected chi connectivity index (χ0v) is 15.2. The number of rotatable bonds is 5. The number of nitriles is 1. The van der Waals surface area contributed by atoms with E-state index >= 15 is 0 Å². The van der Waals surface area contributed by atoms with E-state index in [1.165, 1.54) is 0 Å². The van der Waals surface area contributed by atoms with Crippen molar-refractivity contribution in [3.05, 3.63) is 46.1 Å². The van der Waals surface area contributed by atoms with E-state index in [2.05, 4.69) is 26.5 Å². The van der Waals surface area contributed by atoms with Crippen LogP contribution in [0.25, 0.3) is 11.5 Å². The van der Waals surface area contributed by atoms with Crippen LogP contribution in [-0.4, -0.2) is 20.4 Å². The number of hydrogen-bond donors (Lipinski definition) is 0. The van der Waals surface area contributed by atoms with Gasteiger partial charge in [0.1, 0.15) is 11.1 Å². The van der Waals surface area contributed by atoms with Gasteiger partial charge >= 0.3 is 0 Å². The Labute approximate surface area is 154 Å². The molecule has 3 aromatic rings. The highest BCUT2D eigenvalue weighted by Gasteiger charge is 2.18. The molecule has 0 unspecified atom stereocenters. The lowest BCUT2D eigenvalue weighted by Gasteiger charge is -2.08. The second-order valence-electron chi connectivity index (χ2n) is 5.11. The van der Waals surface area contributed by atoms with Gasteiger partial charge in [0.25, 0.3) is 5.22 Å². The van der Waals surface area contributed by atoms with E-state index in [1.807, 2.05) is 13.8 Å². The van der Waals surface area contributed by atoms with Gasteiger partial charge in [0.15, 0.2) is 0 Å². The number of aryl methyl sites for hydroxylation is 1. The smallest absolute Gasteiger partial charge is 0.283 e. The zero-order valence-electron chi connectivity index (χ0n) is 13.7. The van der Waals surface area contributed by atoms with Crippen molar-refractivity contribution in [2.24, 2.45) is 0 Å². The van der Waals surface area contributed by atoms with Gasteiger partial charge in [0.2, 0.25) is 5.89 Å². The molecule has 2 heterocycles. The summed E-state index contributed by atoms with van der Waals surface area (Å²) in [5.41, 5.74) is 3.05. The van der Waals surface area contributed by atoms with E-state index in [1.54, 1.807) is 24.3 Å². The van der Waals surface area contributed by atoms with Crippen LogP contribution in [0.15, 0.2) is 38.9 Å². The van der Waals surface area contributed by atoms with Crippen LogP contribution in [0.3, 0.4) is 0 Å². The predicted octanol–water partition coefficient (Wildman–Crippen LogP) is 4.33. The minimum Gasteiger partial charge on any atom is -0.411 e. The molecule has 0 aliphatic heterocycles. The third-order valence-electron chi connectivity index (χ3n) is 3.61. The maximum absolute atomic E-state index is 9.53. The van der Waals surface area contributed by atoms with Gasteiger partial charge < -0.3 is 4.42 Å². The third-order valence-corrected chi connectivity index (χ3v) is 4.68. The Morgan fingerprint density at radius 2 is 1.84 bits per heavy atom. The van der Waals surface area contributed by atoms with Crippen LogP contribution in [0, 0.1) is 11.3 Å². The van der Waals surface area contributed by atoms with E-state index in [0.717, 1.165) is 41.4 Å². The molecule has 25 heavy (non-hydrogen) atoms. The Morgan fingerprint density at radius 3 is 2.48 bits per heavy atom. The molecule has 6 nitrogen and oxygen atoms in total. The molecule has 1 aromatic carbocycles. The highest BCUT2D eigenvalue weighted by atomic mass is 35.5. The summed E-state index contributed by atoms with van der Waals surface area (Å²) < 4.78 is 5.66. The van der Waals surface area contributed by atoms with E-state index in [4.69, 9.17) is 16.0 Å². The second-order valence-corrected chi connectivity index (χ2v) is 6.48. The summed E-state index contributed by atoms with van der Waals surface area (Å²) in [5, 5.41) is 27.4. The normalized spacial score (nSPS) is 10.6. The molecule has 3 rings (SSSR count). The molecule has 0 saturated heterocycles. The van der Waals surface area contributed by atoms with E-state index in [-0.39, 0.29) is 0 Å². The SMILES string of the molecule is CCc1nnc(Sc2nnc(-c3ccc(Cl)cc3)o2)c(C#N)c1CC. The molecule has 0 radical (unpaired) electrons. The van der Waals surface area contributed by atoms with E-state index in [0.29, 0.717) is 26.7 Å². The maximum Gasteiger partial charge on any atom is 0.283 e. The number of halogens is 1. The molecule has 0 aliphatic rings. The lowest BCUT2D eigenvalue weighted by Crippen LogP contribution is -2.04. The number of hydrogen-bond acceptors (Lipinski definition) is 7. The van der Waals surface area contributed by atoms with Crippen molar-refractivity contribution in [2.45, 2.75) is 36.9 Å². The molecule has 8 heteroatoms. The average Bonchev–Trinajstić information content (AvgIpc) is 3.10. The number of benzene rings is 1. The molecule has 0 atom stereocenters. The van der Waals surface area contributed by atoms with Crippen molar-refractivity contribution >= 4 is 23.4 Å². The minimum atomic E-state index is 0.307. The van der Waals surface area contributed by atoms with Crippen LogP contribution < -0.4 is 0 Å². The van der Waals surface area contributed by atoms with E-state index in [9.17, 15) is 5.26 Å². The molecule has 0 spiro atoms. The molecule has 0 N–H and O–H groups in total. The standard InChI is InChI=1S/C17H14ClN5OS/c1-3-12-13(9-19)16(22-20-14(12)4-2)25-17-23-21-15(24-17)10-5-7-11(18)8-6-10/h5-8H,3-4H2,1-2H3. The fraction of sp³-hybridized carbons (Fsp3) is 0.235. The summed E-state index contributed by atoms with van der Waals surface area (Å²) in [7, 11) is 0. The summed E-state index contributed by atoms with van der Waals surface area (Å²) in [6, 6.07) is 9.34. The quantitative estimate of drug-likeness (QED) is 0.659. The summed E-state index contributed by atoms with van der Waals surface area (Å²) >= 11 is 7.03. The second kappa shape index (κ2) is 7.64. The van der Waals surface area contributed by atoms with Crippen LogP contribution >= 0.6 is 23.4 Å². The maximum atomic E-state index is 9.53. The first-order valence-electron chi connectivity index (χ1n) is 7.72. The monoisotopic (exact) mass is 371 g/mol. The highest BCUT2D eigenvalue weighted by molar-refractivity contribution is 7.99. The highest BCUT2D eigenvalue weighted by Crippen LogP contribution is 2.31. The summed E-state index contributed by atoms with van der Waals surface area (Å²) in [6.45, 7) is 3.99. The van der Waals surface area contributed by atoms with Gasteiger partial charge in [0.05, 0.1) is 11.3 Å². The first kappa shape index (κ1) is 17.4. The topological polar surface area (TPSA) is 88.5 Å². The third kappa shape index (κ3) is 3.65. The number of aromatic nitrogens is 4. The molecule has 0 fully saturated rings. The summed E-state index contributed by atoms with van der Waals surface area (Å²) in [6.07, 6.45) is 1.45. The van der Waals surface area contributed by atoms with Gasteiger partial charge in [-0.25, -0.2) is 0 Å². The Kier molecular flexibility index (Phi) is 5.31. The van der Waals surface area contributed by atoms with Crippen molar-refractivity contribution in [1.82, 2.24) is 20.4 Å². The van der Waals surface area contributed by atoms with Gasteiger partial charge in [0, 0.05) is 10.6 Å². The van der Waals surface area contributed by atoms with Crippen LogP contribution in [0.4, 0.5) is 0 Å². The van der Waals surface area contributed by atoms with Crippen LogP contribution in [-0.2, 0) is 12.8 Å². The van der Waals surface area contributed by atoms with Gasteiger partial charge in [-0.05, 0) is 54.4 Å². The van der Waals surface area contributed by atoms with Gasteiger partial charge in [-0.3, -0.25) is 0 Å². The van der Waals surface area contributed by atoms with Crippen molar-refractivity contribution in [2.75, 3.05) is 0 Å². The summed E-state index contributed by atoms with van der Waals surface area (Å²) in [5.74, 6) is 0.381. The molecule has 0 bridgehead atoms. The lowest BCUT2D eigenvalue weighted by molar-refractivity contribution is 0.465. The molecule has 2 aromatic heterocycles. The molecule has 0 saturated carbocycles. The molecule has 126 valence electrons. The summed E-state index contributed by atoms with van der Waals surface area (Å²) in [4.78, 5) is 0. The predicted molar refractivity (Wildman–Crippen MR) is 94.4 cm³/mol. The van der Waals surface area contributed by atoms with Crippen molar-refractivity contribution in [3.8, 4) is 17.5 Å². The van der Waals surface area contributed by atoms with Crippen molar-refractivity contribution in [1.29, 1.82) is 5.26 Å². The number of nitrogens with zero attached hydrogens (tertiary/aromatic N) is 5. The largest absolute Gasteiger partial charge is 0.411 e.